The number of hydrogen-bond donors (Lipinski definition) is 1. The molecule has 5 heteroatoms. The minimum Gasteiger partial charge on any atom is -0.267 e. The molecule has 1 aromatic heterocycles. The average Bonchev–Trinajstić information content (AvgIpc) is 2.27. The maximum absolute atomic E-state index is 12.7. The number of H-pyrrole nitrogens is 1. The van der Waals surface area contributed by atoms with E-state index in [-0.39, 0.29) is 11.4 Å². The van der Waals surface area contributed by atoms with Gasteiger partial charge in [0.15, 0.2) is 0 Å². The first-order valence-corrected chi connectivity index (χ1v) is 5.43. The molecule has 1 aromatic carbocycles. The summed E-state index contributed by atoms with van der Waals surface area (Å²) in [6.07, 6.45) is 0.551. The van der Waals surface area contributed by atoms with Crippen molar-refractivity contribution in [2.45, 2.75) is 6.42 Å². The predicted molar refractivity (Wildman–Crippen MR) is 61.8 cm³/mol. The number of rotatable bonds is 2. The fraction of sp³-hybridized carbons (Fsp3) is 0.0909. The lowest BCUT2D eigenvalue weighted by atomic mass is 10.1. The van der Waals surface area contributed by atoms with Crippen molar-refractivity contribution in [2.75, 3.05) is 0 Å². The lowest BCUT2D eigenvalue weighted by Crippen LogP contribution is -2.10. The summed E-state index contributed by atoms with van der Waals surface area (Å²) in [5.41, 5.74) is 1.40. The zero-order valence-corrected chi connectivity index (χ0v) is 9.79. The molecule has 0 unspecified atom stereocenters. The van der Waals surface area contributed by atoms with Gasteiger partial charge in [0.2, 0.25) is 0 Å². The number of nitrogens with one attached hydrogen (secondary N) is 1. The maximum atomic E-state index is 12.7. The molecule has 0 amide bonds. The molecular weight excluding hydrogens is 275 g/mol. The third-order valence-electron chi connectivity index (χ3n) is 2.11. The molecule has 0 aliphatic carbocycles. The van der Waals surface area contributed by atoms with Crippen molar-refractivity contribution in [3.63, 3.8) is 0 Å². The highest BCUT2D eigenvalue weighted by atomic mass is 79.9. The fourth-order valence-corrected chi connectivity index (χ4v) is 1.67. The van der Waals surface area contributed by atoms with E-state index in [9.17, 15) is 9.18 Å². The molecule has 0 spiro atoms. The second kappa shape index (κ2) is 4.57. The maximum Gasteiger partial charge on any atom is 0.278 e. The van der Waals surface area contributed by atoms with Crippen LogP contribution in [0.4, 0.5) is 4.39 Å². The van der Waals surface area contributed by atoms with Crippen molar-refractivity contribution in [3.8, 4) is 0 Å². The van der Waals surface area contributed by atoms with E-state index in [1.165, 1.54) is 12.1 Å². The summed E-state index contributed by atoms with van der Waals surface area (Å²) in [6, 6.07) is 7.83. The van der Waals surface area contributed by atoms with Gasteiger partial charge in [0.25, 0.3) is 5.56 Å². The van der Waals surface area contributed by atoms with Crippen molar-refractivity contribution in [1.29, 1.82) is 0 Å². The number of halogens is 2. The Hall–Kier alpha value is -1.49. The van der Waals surface area contributed by atoms with Gasteiger partial charge in [-0.1, -0.05) is 12.1 Å². The van der Waals surface area contributed by atoms with Crippen LogP contribution < -0.4 is 5.56 Å². The van der Waals surface area contributed by atoms with Crippen molar-refractivity contribution < 1.29 is 4.39 Å². The Balaban J connectivity index is 2.23. The highest BCUT2D eigenvalue weighted by Gasteiger charge is 2.01. The Bertz CT molecular complexity index is 551. The number of aromatic amines is 1. The van der Waals surface area contributed by atoms with Crippen molar-refractivity contribution in [2.24, 2.45) is 0 Å². The lowest BCUT2D eigenvalue weighted by Gasteiger charge is -2.00. The molecule has 0 aliphatic heterocycles. The van der Waals surface area contributed by atoms with Crippen molar-refractivity contribution in [3.05, 3.63) is 62.2 Å². The number of nitrogens with zero attached hydrogens (tertiary/aromatic N) is 1. The van der Waals surface area contributed by atoms with Gasteiger partial charge in [-0.2, -0.15) is 5.10 Å². The highest BCUT2D eigenvalue weighted by molar-refractivity contribution is 9.10. The number of aromatic nitrogens is 2. The van der Waals surface area contributed by atoms with Gasteiger partial charge < -0.3 is 0 Å². The molecule has 2 aromatic rings. The van der Waals surface area contributed by atoms with Crippen LogP contribution >= 0.6 is 15.9 Å². The summed E-state index contributed by atoms with van der Waals surface area (Å²) in [4.78, 5) is 11.1. The molecule has 3 nitrogen and oxygen atoms in total. The number of hydrogen-bond acceptors (Lipinski definition) is 2. The van der Waals surface area contributed by atoms with Crippen LogP contribution in [0.1, 0.15) is 11.3 Å². The Labute approximate surface area is 99.5 Å². The summed E-state index contributed by atoms with van der Waals surface area (Å²) >= 11 is 3.13. The standard InChI is InChI=1S/C11H8BrFN2O/c12-10-6-9(14-15-11(10)16)5-7-1-3-8(13)4-2-7/h1-4,6H,5H2,(H,15,16). The molecule has 0 saturated heterocycles. The van der Waals surface area contributed by atoms with Gasteiger partial charge in [0.1, 0.15) is 5.82 Å². The van der Waals surface area contributed by atoms with E-state index in [0.717, 1.165) is 11.3 Å². The normalized spacial score (nSPS) is 10.4. The molecule has 1 N–H and O–H groups in total. The highest BCUT2D eigenvalue weighted by Crippen LogP contribution is 2.10. The summed E-state index contributed by atoms with van der Waals surface area (Å²) in [5, 5.41) is 6.27. The summed E-state index contributed by atoms with van der Waals surface area (Å²) in [6.45, 7) is 0. The first kappa shape index (κ1) is 11.0. The Morgan fingerprint density at radius 3 is 2.62 bits per heavy atom. The van der Waals surface area contributed by atoms with Crippen LogP contribution in [0.2, 0.25) is 0 Å². The van der Waals surface area contributed by atoms with Crippen LogP contribution in [-0.4, -0.2) is 10.2 Å². The minimum absolute atomic E-state index is 0.261. The molecule has 0 bridgehead atoms. The first-order valence-electron chi connectivity index (χ1n) is 4.64. The SMILES string of the molecule is O=c1[nH]nc(Cc2ccc(F)cc2)cc1Br. The van der Waals surface area contributed by atoms with E-state index >= 15 is 0 Å². The van der Waals surface area contributed by atoms with E-state index in [2.05, 4.69) is 26.1 Å². The monoisotopic (exact) mass is 282 g/mol. The summed E-state index contributed by atoms with van der Waals surface area (Å²) in [5.74, 6) is -0.264. The topological polar surface area (TPSA) is 45.8 Å². The van der Waals surface area contributed by atoms with Gasteiger partial charge in [-0.3, -0.25) is 4.79 Å². The van der Waals surface area contributed by atoms with E-state index in [1.54, 1.807) is 18.2 Å². The lowest BCUT2D eigenvalue weighted by molar-refractivity contribution is 0.627. The quantitative estimate of drug-likeness (QED) is 0.919. The van der Waals surface area contributed by atoms with Crippen LogP contribution in [0.3, 0.4) is 0 Å². The van der Waals surface area contributed by atoms with Crippen LogP contribution in [-0.2, 0) is 6.42 Å². The molecule has 0 saturated carbocycles. The van der Waals surface area contributed by atoms with E-state index in [4.69, 9.17) is 0 Å². The second-order valence-corrected chi connectivity index (χ2v) is 4.19. The molecule has 0 atom stereocenters. The predicted octanol–water partition coefficient (Wildman–Crippen LogP) is 2.26. The Kier molecular flexibility index (Phi) is 3.14. The molecule has 16 heavy (non-hydrogen) atoms. The second-order valence-electron chi connectivity index (χ2n) is 3.34. The Morgan fingerprint density at radius 2 is 2.00 bits per heavy atom. The van der Waals surface area contributed by atoms with Crippen LogP contribution in [0.25, 0.3) is 0 Å². The molecule has 2 rings (SSSR count). The van der Waals surface area contributed by atoms with Gasteiger partial charge in [-0.25, -0.2) is 9.49 Å². The van der Waals surface area contributed by atoms with Gasteiger partial charge in [-0.05, 0) is 39.7 Å². The van der Waals surface area contributed by atoms with Gasteiger partial charge >= 0.3 is 0 Å². The van der Waals surface area contributed by atoms with E-state index in [1.807, 2.05) is 0 Å². The van der Waals surface area contributed by atoms with Crippen LogP contribution in [0.5, 0.6) is 0 Å². The minimum atomic E-state index is -0.264. The summed E-state index contributed by atoms with van der Waals surface area (Å²) in [7, 11) is 0. The van der Waals surface area contributed by atoms with Crippen molar-refractivity contribution >= 4 is 15.9 Å². The third-order valence-corrected chi connectivity index (χ3v) is 2.70. The molecule has 82 valence electrons. The van der Waals surface area contributed by atoms with E-state index in [0.29, 0.717) is 10.9 Å². The third kappa shape index (κ3) is 2.55. The molecule has 0 fully saturated rings. The van der Waals surface area contributed by atoms with Gasteiger partial charge in [-0.15, -0.1) is 0 Å². The molecule has 0 radical (unpaired) electrons. The Morgan fingerprint density at radius 1 is 1.31 bits per heavy atom. The van der Waals surface area contributed by atoms with Crippen molar-refractivity contribution in [1.82, 2.24) is 10.2 Å². The fourth-order valence-electron chi connectivity index (χ4n) is 1.32. The first-order chi connectivity index (χ1) is 7.65. The smallest absolute Gasteiger partial charge is 0.267 e. The zero-order valence-electron chi connectivity index (χ0n) is 8.21. The largest absolute Gasteiger partial charge is 0.278 e. The molecule has 1 heterocycles. The molecule has 0 aliphatic rings. The number of benzene rings is 1. The van der Waals surface area contributed by atoms with Gasteiger partial charge in [0, 0.05) is 6.42 Å². The molecular formula is C11H8BrFN2O. The van der Waals surface area contributed by atoms with Crippen LogP contribution in [0.15, 0.2) is 39.6 Å². The summed E-state index contributed by atoms with van der Waals surface area (Å²) < 4.78 is 13.1. The van der Waals surface area contributed by atoms with Gasteiger partial charge in [0.05, 0.1) is 10.2 Å². The van der Waals surface area contributed by atoms with E-state index < -0.39 is 0 Å². The average molecular weight is 283 g/mol. The zero-order chi connectivity index (χ0) is 11.5. The van der Waals surface area contributed by atoms with Crippen LogP contribution in [0, 0.1) is 5.82 Å².